The molecule has 3 N–H and O–H groups in total. The lowest BCUT2D eigenvalue weighted by Gasteiger charge is -2.13. The third-order valence-corrected chi connectivity index (χ3v) is 5.25. The fourth-order valence-corrected chi connectivity index (χ4v) is 3.80. The van der Waals surface area contributed by atoms with E-state index in [4.69, 9.17) is 4.74 Å². The van der Waals surface area contributed by atoms with Crippen molar-refractivity contribution in [1.29, 1.82) is 0 Å². The first-order valence-electron chi connectivity index (χ1n) is 9.93. The van der Waals surface area contributed by atoms with E-state index in [2.05, 4.69) is 21.0 Å². The molecule has 2 amide bonds. The number of hydrazine groups is 1. The zero-order valence-corrected chi connectivity index (χ0v) is 17.2. The molecule has 0 spiro atoms. The number of aromatic nitrogens is 2. The summed E-state index contributed by atoms with van der Waals surface area (Å²) in [6.07, 6.45) is 0.438. The molecule has 2 aromatic carbocycles. The van der Waals surface area contributed by atoms with E-state index in [1.54, 1.807) is 12.1 Å². The van der Waals surface area contributed by atoms with Crippen LogP contribution < -0.4 is 15.6 Å². The van der Waals surface area contributed by atoms with Crippen LogP contribution >= 0.6 is 0 Å². The van der Waals surface area contributed by atoms with E-state index in [0.717, 1.165) is 16.7 Å². The molecule has 1 atom stereocenters. The van der Waals surface area contributed by atoms with Crippen LogP contribution in [0.5, 0.6) is 5.75 Å². The number of hydrogen-bond donors (Lipinski definition) is 3. The summed E-state index contributed by atoms with van der Waals surface area (Å²) in [5, 5.41) is 6.75. The number of H-pyrrole nitrogens is 1. The van der Waals surface area contributed by atoms with Gasteiger partial charge in [0.25, 0.3) is 11.8 Å². The SMILES string of the molecule is Cc1ccc(OCC(=O)NNC(=O)c2cc(-c3ccccc3)n[nH]2)c2c1[C@H](C)CC2=O. The molecule has 1 aliphatic rings. The fraction of sp³-hybridized carbons (Fsp3) is 0.217. The van der Waals surface area contributed by atoms with Crippen LogP contribution in [-0.4, -0.2) is 34.4 Å². The highest BCUT2D eigenvalue weighted by molar-refractivity contribution is 6.04. The second-order valence-electron chi connectivity index (χ2n) is 7.52. The lowest BCUT2D eigenvalue weighted by molar-refractivity contribution is -0.123. The van der Waals surface area contributed by atoms with Crippen molar-refractivity contribution in [2.45, 2.75) is 26.2 Å². The summed E-state index contributed by atoms with van der Waals surface area (Å²) < 4.78 is 5.58. The van der Waals surface area contributed by atoms with E-state index in [0.29, 0.717) is 23.4 Å². The van der Waals surface area contributed by atoms with Gasteiger partial charge in [-0.15, -0.1) is 0 Å². The van der Waals surface area contributed by atoms with Gasteiger partial charge in [-0.25, -0.2) is 0 Å². The predicted octanol–water partition coefficient (Wildman–Crippen LogP) is 2.92. The van der Waals surface area contributed by atoms with E-state index in [1.165, 1.54) is 0 Å². The molecule has 1 aromatic heterocycles. The van der Waals surface area contributed by atoms with Crippen molar-refractivity contribution in [2.24, 2.45) is 0 Å². The van der Waals surface area contributed by atoms with Crippen molar-refractivity contribution in [2.75, 3.05) is 6.61 Å². The summed E-state index contributed by atoms with van der Waals surface area (Å²) in [7, 11) is 0. The van der Waals surface area contributed by atoms with E-state index in [9.17, 15) is 14.4 Å². The summed E-state index contributed by atoms with van der Waals surface area (Å²) in [4.78, 5) is 36.7. The Balaban J connectivity index is 1.33. The molecule has 0 aliphatic heterocycles. The van der Waals surface area contributed by atoms with Crippen molar-refractivity contribution >= 4 is 17.6 Å². The lowest BCUT2D eigenvalue weighted by Crippen LogP contribution is -2.44. The Morgan fingerprint density at radius 1 is 1.16 bits per heavy atom. The molecule has 1 aliphatic carbocycles. The number of amides is 2. The molecule has 8 nitrogen and oxygen atoms in total. The van der Waals surface area contributed by atoms with E-state index in [1.807, 2.05) is 50.2 Å². The number of ether oxygens (including phenoxy) is 1. The van der Waals surface area contributed by atoms with Crippen molar-refractivity contribution in [1.82, 2.24) is 21.0 Å². The highest BCUT2D eigenvalue weighted by Crippen LogP contribution is 2.40. The highest BCUT2D eigenvalue weighted by Gasteiger charge is 2.31. The zero-order valence-electron chi connectivity index (χ0n) is 17.2. The van der Waals surface area contributed by atoms with Gasteiger partial charge in [0.05, 0.1) is 11.3 Å². The molecule has 0 saturated heterocycles. The topological polar surface area (TPSA) is 113 Å². The van der Waals surface area contributed by atoms with Gasteiger partial charge in [-0.1, -0.05) is 43.3 Å². The number of benzene rings is 2. The zero-order chi connectivity index (χ0) is 22.0. The number of fused-ring (bicyclic) bond motifs is 1. The fourth-order valence-electron chi connectivity index (χ4n) is 3.80. The first-order chi connectivity index (χ1) is 14.9. The van der Waals surface area contributed by atoms with Crippen LogP contribution in [-0.2, 0) is 4.79 Å². The minimum atomic E-state index is -0.552. The normalized spacial score (nSPS) is 14.8. The first kappa shape index (κ1) is 20.3. The molecule has 3 aromatic rings. The number of carbonyl (C=O) groups excluding carboxylic acids is 3. The second-order valence-corrected chi connectivity index (χ2v) is 7.52. The van der Waals surface area contributed by atoms with Crippen molar-refractivity contribution < 1.29 is 19.1 Å². The number of nitrogens with one attached hydrogen (secondary N) is 3. The Labute approximate surface area is 179 Å². The molecule has 8 heteroatoms. The van der Waals surface area contributed by atoms with Gasteiger partial charge in [0.1, 0.15) is 11.4 Å². The van der Waals surface area contributed by atoms with Gasteiger partial charge in [0.2, 0.25) is 0 Å². The number of aryl methyl sites for hydroxylation is 1. The molecule has 0 bridgehead atoms. The number of ketones is 1. The Hall–Kier alpha value is -3.94. The average Bonchev–Trinajstić information content (AvgIpc) is 3.38. The third-order valence-electron chi connectivity index (χ3n) is 5.25. The number of carbonyl (C=O) groups is 3. The van der Waals surface area contributed by atoms with Crippen LogP contribution in [0.15, 0.2) is 48.5 Å². The Bertz CT molecular complexity index is 1150. The number of aromatic amines is 1. The number of Topliss-reactive ketones (excluding diaryl/α,β-unsaturated/α-hetero) is 1. The smallest absolute Gasteiger partial charge is 0.287 e. The molecule has 0 radical (unpaired) electrons. The molecule has 4 rings (SSSR count). The molecule has 158 valence electrons. The van der Waals surface area contributed by atoms with Crippen LogP contribution in [0.1, 0.15) is 51.2 Å². The van der Waals surface area contributed by atoms with Gasteiger partial charge in [-0.05, 0) is 36.1 Å². The monoisotopic (exact) mass is 418 g/mol. The lowest BCUT2D eigenvalue weighted by atomic mass is 9.97. The minimum absolute atomic E-state index is 0.0170. The maximum Gasteiger partial charge on any atom is 0.287 e. The number of rotatable bonds is 5. The van der Waals surface area contributed by atoms with Crippen LogP contribution in [0.25, 0.3) is 11.3 Å². The van der Waals surface area contributed by atoms with Crippen LogP contribution in [0.2, 0.25) is 0 Å². The molecular weight excluding hydrogens is 396 g/mol. The number of nitrogens with zero attached hydrogens (tertiary/aromatic N) is 1. The maximum absolute atomic E-state index is 12.3. The van der Waals surface area contributed by atoms with Crippen molar-refractivity contribution in [3.05, 3.63) is 70.9 Å². The van der Waals surface area contributed by atoms with Gasteiger partial charge in [0, 0.05) is 12.0 Å². The first-order valence-corrected chi connectivity index (χ1v) is 9.93. The number of hydrogen-bond acceptors (Lipinski definition) is 5. The molecular formula is C23H22N4O4. The van der Waals surface area contributed by atoms with E-state index >= 15 is 0 Å². The van der Waals surface area contributed by atoms with Crippen molar-refractivity contribution in [3.8, 4) is 17.0 Å². The van der Waals surface area contributed by atoms with Gasteiger partial charge in [-0.2, -0.15) is 5.10 Å². The molecule has 1 heterocycles. The third kappa shape index (κ3) is 4.18. The van der Waals surface area contributed by atoms with Gasteiger partial charge in [0.15, 0.2) is 12.4 Å². The molecule has 0 fully saturated rings. The summed E-state index contributed by atoms with van der Waals surface area (Å²) in [6.45, 7) is 3.62. The quantitative estimate of drug-likeness (QED) is 0.552. The van der Waals surface area contributed by atoms with E-state index < -0.39 is 11.8 Å². The summed E-state index contributed by atoms with van der Waals surface area (Å²) >= 11 is 0. The van der Waals surface area contributed by atoms with Crippen molar-refractivity contribution in [3.63, 3.8) is 0 Å². The Kier molecular flexibility index (Phi) is 5.53. The molecule has 0 saturated carbocycles. The van der Waals surface area contributed by atoms with Crippen LogP contribution in [0.3, 0.4) is 0 Å². The standard InChI is InChI=1S/C23H22N4O4/c1-13-8-9-19(22-18(28)10-14(2)21(13)22)31-12-20(29)26-27-23(30)17-11-16(24-25-17)15-6-4-3-5-7-15/h3-9,11,14H,10,12H2,1-2H3,(H,24,25)(H,26,29)(H,27,30)/t14-/m1/s1. The minimum Gasteiger partial charge on any atom is -0.483 e. The largest absolute Gasteiger partial charge is 0.483 e. The van der Waals surface area contributed by atoms with Gasteiger partial charge in [-0.3, -0.25) is 30.3 Å². The molecule has 0 unspecified atom stereocenters. The predicted molar refractivity (Wildman–Crippen MR) is 114 cm³/mol. The van der Waals surface area contributed by atoms with Crippen LogP contribution in [0, 0.1) is 6.92 Å². The van der Waals surface area contributed by atoms with Gasteiger partial charge >= 0.3 is 0 Å². The van der Waals surface area contributed by atoms with E-state index in [-0.39, 0.29) is 24.0 Å². The summed E-state index contributed by atoms with van der Waals surface area (Å²) in [6, 6.07) is 14.6. The average molecular weight is 418 g/mol. The second kappa shape index (κ2) is 8.43. The van der Waals surface area contributed by atoms with Gasteiger partial charge < -0.3 is 4.74 Å². The summed E-state index contributed by atoms with van der Waals surface area (Å²) in [5.74, 6) is -0.553. The molecule has 31 heavy (non-hydrogen) atoms. The van der Waals surface area contributed by atoms with Crippen LogP contribution in [0.4, 0.5) is 0 Å². The maximum atomic E-state index is 12.3. The highest BCUT2D eigenvalue weighted by atomic mass is 16.5. The Morgan fingerprint density at radius 3 is 2.71 bits per heavy atom. The summed E-state index contributed by atoms with van der Waals surface area (Å²) in [5.41, 5.74) is 8.87. The Morgan fingerprint density at radius 2 is 1.94 bits per heavy atom.